The second-order valence-corrected chi connectivity index (χ2v) is 1.54. The lowest BCUT2D eigenvalue weighted by atomic mass is 10.6. The molecule has 64 valence electrons. The predicted molar refractivity (Wildman–Crippen MR) is 27.3 cm³/mol. The molecular formula is C5H4F4O2. The Bertz CT molecular complexity index is 198. The van der Waals surface area contributed by atoms with Gasteiger partial charge in [-0.25, -0.2) is 4.79 Å². The number of rotatable bonds is 2. The molecule has 0 aromatic heterocycles. The minimum atomic E-state index is -4.68. The van der Waals surface area contributed by atoms with E-state index in [1.54, 1.807) is 0 Å². The van der Waals surface area contributed by atoms with Gasteiger partial charge in [0.15, 0.2) is 6.61 Å². The summed E-state index contributed by atoms with van der Waals surface area (Å²) in [6.07, 6.45) is -4.68. The molecule has 0 aromatic rings. The van der Waals surface area contributed by atoms with Crippen molar-refractivity contribution >= 4 is 5.97 Å². The van der Waals surface area contributed by atoms with Gasteiger partial charge < -0.3 is 4.74 Å². The maximum absolute atomic E-state index is 11.9. The van der Waals surface area contributed by atoms with Gasteiger partial charge in [0.25, 0.3) is 0 Å². The van der Waals surface area contributed by atoms with Crippen LogP contribution in [0.15, 0.2) is 12.4 Å². The lowest BCUT2D eigenvalue weighted by Gasteiger charge is -2.05. The standard InChI is InChI=1S/C5H4F4O2/c1-3(6)4(10)11-2-5(7,8)9/h1-2H2/i1D/b3-1-. The largest absolute Gasteiger partial charge is 0.451 e. The van der Waals surface area contributed by atoms with E-state index in [0.29, 0.717) is 0 Å². The van der Waals surface area contributed by atoms with Crippen molar-refractivity contribution in [2.75, 3.05) is 6.61 Å². The number of carbonyl (C=O) groups excluding carboxylic acids is 1. The van der Waals surface area contributed by atoms with Crippen molar-refractivity contribution in [3.8, 4) is 0 Å². The Kier molecular flexibility index (Phi) is 2.45. The third-order valence-electron chi connectivity index (χ3n) is 0.562. The van der Waals surface area contributed by atoms with Crippen molar-refractivity contribution in [1.29, 1.82) is 0 Å². The first kappa shape index (κ1) is 8.03. The second kappa shape index (κ2) is 3.36. The first-order chi connectivity index (χ1) is 5.37. The lowest BCUT2D eigenvalue weighted by Crippen LogP contribution is -2.20. The van der Waals surface area contributed by atoms with Gasteiger partial charge in [-0.3, -0.25) is 0 Å². The average molecular weight is 173 g/mol. The number of esters is 1. The summed E-state index contributed by atoms with van der Waals surface area (Å²) in [5.74, 6) is -3.46. The molecule has 0 amide bonds. The molecule has 0 rings (SSSR count). The highest BCUT2D eigenvalue weighted by atomic mass is 19.4. The molecule has 0 aromatic carbocycles. The van der Waals surface area contributed by atoms with Crippen LogP contribution in [0.4, 0.5) is 17.6 Å². The number of halogens is 4. The molecule has 0 aliphatic heterocycles. The smallest absolute Gasteiger partial charge is 0.422 e. The molecule has 2 nitrogen and oxygen atoms in total. The summed E-state index contributed by atoms with van der Waals surface area (Å²) in [4.78, 5) is 10.1. The van der Waals surface area contributed by atoms with E-state index in [9.17, 15) is 22.4 Å². The van der Waals surface area contributed by atoms with E-state index in [-0.39, 0.29) is 6.55 Å². The summed E-state index contributed by atoms with van der Waals surface area (Å²) in [5.41, 5.74) is 0. The molecule has 0 N–H and O–H groups in total. The summed E-state index contributed by atoms with van der Waals surface area (Å²) in [6.45, 7) is -1.88. The zero-order valence-electron chi connectivity index (χ0n) is 6.11. The number of ether oxygens (including phenoxy) is 1. The van der Waals surface area contributed by atoms with Crippen molar-refractivity contribution in [3.63, 3.8) is 0 Å². The van der Waals surface area contributed by atoms with Crippen molar-refractivity contribution in [2.45, 2.75) is 6.18 Å². The van der Waals surface area contributed by atoms with Gasteiger partial charge in [-0.2, -0.15) is 17.6 Å². The molecule has 0 fully saturated rings. The van der Waals surface area contributed by atoms with Crippen LogP contribution in [0.2, 0.25) is 0 Å². The molecule has 0 aliphatic rings. The lowest BCUT2D eigenvalue weighted by molar-refractivity contribution is -0.184. The fourth-order valence-corrected chi connectivity index (χ4v) is 0.216. The first-order valence-corrected chi connectivity index (χ1v) is 2.35. The second-order valence-electron chi connectivity index (χ2n) is 1.54. The van der Waals surface area contributed by atoms with E-state index in [1.165, 1.54) is 0 Å². The Balaban J connectivity index is 3.89. The highest BCUT2D eigenvalue weighted by molar-refractivity contribution is 5.85. The Labute approximate surface area is 60.9 Å². The molecule has 0 bridgehead atoms. The third kappa shape index (κ3) is 5.38. The molecule has 0 radical (unpaired) electrons. The molecule has 0 spiro atoms. The van der Waals surface area contributed by atoms with Crippen LogP contribution in [0.1, 0.15) is 1.37 Å². The van der Waals surface area contributed by atoms with Gasteiger partial charge in [-0.05, 0) is 0 Å². The quantitative estimate of drug-likeness (QED) is 0.360. The minimum absolute atomic E-state index is 0.0291. The van der Waals surface area contributed by atoms with Gasteiger partial charge in [-0.15, -0.1) is 0 Å². The van der Waals surface area contributed by atoms with Gasteiger partial charge in [-0.1, -0.05) is 6.55 Å². The van der Waals surface area contributed by atoms with Crippen LogP contribution in [-0.2, 0) is 9.53 Å². The number of carbonyl (C=O) groups is 1. The van der Waals surface area contributed by atoms with Crippen LogP contribution in [-0.4, -0.2) is 18.8 Å². The Hall–Kier alpha value is -1.07. The van der Waals surface area contributed by atoms with Crippen LogP contribution in [0.3, 0.4) is 0 Å². The number of alkyl halides is 3. The van der Waals surface area contributed by atoms with Crippen LogP contribution in [0.25, 0.3) is 0 Å². The SMILES string of the molecule is [2H]/C=C(\F)C(=O)OCC(F)(F)F. The van der Waals surface area contributed by atoms with Gasteiger partial charge in [0, 0.05) is 0 Å². The first-order valence-electron chi connectivity index (χ1n) is 2.92. The van der Waals surface area contributed by atoms with E-state index in [1.807, 2.05) is 0 Å². The van der Waals surface area contributed by atoms with Gasteiger partial charge in [0.1, 0.15) is 0 Å². The summed E-state index contributed by atoms with van der Waals surface area (Å²) in [7, 11) is 0. The van der Waals surface area contributed by atoms with Crippen molar-refractivity contribution < 1.29 is 28.5 Å². The maximum Gasteiger partial charge on any atom is 0.422 e. The van der Waals surface area contributed by atoms with E-state index >= 15 is 0 Å². The van der Waals surface area contributed by atoms with Crippen molar-refractivity contribution in [3.05, 3.63) is 12.4 Å². The molecule has 0 saturated carbocycles. The molecule has 0 unspecified atom stereocenters. The predicted octanol–water partition coefficient (Wildman–Crippen LogP) is 1.58. The maximum atomic E-state index is 11.9. The number of hydrogen-bond acceptors (Lipinski definition) is 2. The van der Waals surface area contributed by atoms with E-state index < -0.39 is 24.6 Å². The zero-order valence-corrected chi connectivity index (χ0v) is 5.11. The highest BCUT2D eigenvalue weighted by Crippen LogP contribution is 2.15. The van der Waals surface area contributed by atoms with E-state index in [4.69, 9.17) is 1.37 Å². The Morgan fingerprint density at radius 3 is 2.55 bits per heavy atom. The summed E-state index contributed by atoms with van der Waals surface area (Å²) in [6, 6.07) is 0. The Morgan fingerprint density at radius 1 is 1.64 bits per heavy atom. The van der Waals surface area contributed by atoms with Crippen LogP contribution >= 0.6 is 0 Å². The fourth-order valence-electron chi connectivity index (χ4n) is 0.216. The molecule has 0 saturated heterocycles. The van der Waals surface area contributed by atoms with Gasteiger partial charge in [0.2, 0.25) is 5.83 Å². The third-order valence-corrected chi connectivity index (χ3v) is 0.562. The van der Waals surface area contributed by atoms with Crippen LogP contribution in [0.5, 0.6) is 0 Å². The fraction of sp³-hybridized carbons (Fsp3) is 0.400. The van der Waals surface area contributed by atoms with Gasteiger partial charge in [0.05, 0.1) is 1.37 Å². The van der Waals surface area contributed by atoms with Crippen molar-refractivity contribution in [1.82, 2.24) is 0 Å². The van der Waals surface area contributed by atoms with Crippen LogP contribution < -0.4 is 0 Å². The topological polar surface area (TPSA) is 26.3 Å². The molecule has 11 heavy (non-hydrogen) atoms. The Morgan fingerprint density at radius 2 is 2.18 bits per heavy atom. The van der Waals surface area contributed by atoms with E-state index in [2.05, 4.69) is 4.74 Å². The molecule has 0 atom stereocenters. The van der Waals surface area contributed by atoms with E-state index in [0.717, 1.165) is 0 Å². The minimum Gasteiger partial charge on any atom is -0.451 e. The van der Waals surface area contributed by atoms with Gasteiger partial charge >= 0.3 is 12.1 Å². The molecule has 6 heteroatoms. The summed E-state index contributed by atoms with van der Waals surface area (Å²) >= 11 is 0. The normalized spacial score (nSPS) is 14.2. The van der Waals surface area contributed by atoms with Crippen molar-refractivity contribution in [2.24, 2.45) is 0 Å². The summed E-state index contributed by atoms with van der Waals surface area (Å²) in [5, 5.41) is 0. The molecule has 0 heterocycles. The highest BCUT2D eigenvalue weighted by Gasteiger charge is 2.29. The monoisotopic (exact) mass is 173 g/mol. The van der Waals surface area contributed by atoms with Crippen LogP contribution in [0, 0.1) is 0 Å². The molecule has 0 aliphatic carbocycles. The molecular weight excluding hydrogens is 168 g/mol. The summed E-state index contributed by atoms with van der Waals surface area (Å²) < 4.78 is 55.5. The average Bonchev–Trinajstić information content (AvgIpc) is 1.97. The zero-order chi connectivity index (χ0) is 9.78. The number of hydrogen-bond donors (Lipinski definition) is 0.